The normalized spacial score (nSPS) is 12.9. The third-order valence-corrected chi connectivity index (χ3v) is 3.04. The molecule has 104 valence electrons. The number of carbonyl (C=O) groups excluding carboxylic acids is 2. The summed E-state index contributed by atoms with van der Waals surface area (Å²) in [5.41, 5.74) is 11.3. The minimum atomic E-state index is -0.666. The Labute approximate surface area is 117 Å². The number of nitrogens with two attached hydrogens (primary N) is 2. The molecule has 1 rings (SSSR count). The van der Waals surface area contributed by atoms with Crippen molar-refractivity contribution < 1.29 is 9.59 Å². The molecule has 0 fully saturated rings. The Morgan fingerprint density at radius 1 is 1.32 bits per heavy atom. The minimum absolute atomic E-state index is 0.156. The van der Waals surface area contributed by atoms with Gasteiger partial charge in [0.1, 0.15) is 0 Å². The Kier molecular flexibility index (Phi) is 4.55. The number of anilines is 1. The van der Waals surface area contributed by atoms with Crippen LogP contribution in [0.15, 0.2) is 18.2 Å². The van der Waals surface area contributed by atoms with Gasteiger partial charge in [0.2, 0.25) is 11.8 Å². The highest BCUT2D eigenvalue weighted by Gasteiger charge is 2.27. The van der Waals surface area contributed by atoms with Crippen LogP contribution >= 0.6 is 11.6 Å². The van der Waals surface area contributed by atoms with Crippen LogP contribution in [0.3, 0.4) is 0 Å². The zero-order valence-corrected chi connectivity index (χ0v) is 11.9. The van der Waals surface area contributed by atoms with Crippen LogP contribution < -0.4 is 16.8 Å². The first kappa shape index (κ1) is 15.5. The lowest BCUT2D eigenvalue weighted by Gasteiger charge is -2.25. The van der Waals surface area contributed by atoms with E-state index < -0.39 is 11.9 Å². The van der Waals surface area contributed by atoms with E-state index in [1.54, 1.807) is 6.07 Å². The third kappa shape index (κ3) is 3.94. The van der Waals surface area contributed by atoms with Crippen LogP contribution in [-0.4, -0.2) is 17.9 Å². The monoisotopic (exact) mass is 283 g/mol. The number of rotatable bonds is 3. The first-order valence-electron chi connectivity index (χ1n) is 5.78. The summed E-state index contributed by atoms with van der Waals surface area (Å²) in [6.45, 7) is 5.61. The average molecular weight is 284 g/mol. The van der Waals surface area contributed by atoms with Crippen LogP contribution in [0.25, 0.3) is 0 Å². The van der Waals surface area contributed by atoms with E-state index in [0.717, 1.165) is 0 Å². The largest absolute Gasteiger partial charge is 0.366 e. The number of benzene rings is 1. The molecule has 6 heteroatoms. The first-order valence-corrected chi connectivity index (χ1v) is 6.16. The van der Waals surface area contributed by atoms with E-state index in [2.05, 4.69) is 5.32 Å². The van der Waals surface area contributed by atoms with Crippen LogP contribution in [0, 0.1) is 5.41 Å². The molecule has 5 N–H and O–H groups in total. The van der Waals surface area contributed by atoms with Crippen LogP contribution in [0.5, 0.6) is 0 Å². The summed E-state index contributed by atoms with van der Waals surface area (Å²) in [7, 11) is 0. The molecule has 0 spiro atoms. The van der Waals surface area contributed by atoms with Crippen molar-refractivity contribution in [2.75, 3.05) is 5.32 Å². The fourth-order valence-corrected chi connectivity index (χ4v) is 1.62. The highest BCUT2D eigenvalue weighted by atomic mass is 35.5. The SMILES string of the molecule is CC(C)(C)C(N)C(=O)Nc1ccc(Cl)c(C(N)=O)c1. The molecular weight excluding hydrogens is 266 g/mol. The van der Waals surface area contributed by atoms with E-state index in [1.807, 2.05) is 20.8 Å². The molecule has 1 atom stereocenters. The number of carbonyl (C=O) groups is 2. The topological polar surface area (TPSA) is 98.2 Å². The molecule has 19 heavy (non-hydrogen) atoms. The van der Waals surface area contributed by atoms with Gasteiger partial charge in [-0.05, 0) is 23.6 Å². The Morgan fingerprint density at radius 2 is 1.89 bits per heavy atom. The molecule has 0 saturated heterocycles. The Morgan fingerprint density at radius 3 is 2.37 bits per heavy atom. The molecule has 1 unspecified atom stereocenters. The Balaban J connectivity index is 2.92. The molecule has 0 aromatic heterocycles. The van der Waals surface area contributed by atoms with Gasteiger partial charge in [-0.25, -0.2) is 0 Å². The molecule has 0 radical (unpaired) electrons. The van der Waals surface area contributed by atoms with E-state index in [0.29, 0.717) is 5.69 Å². The van der Waals surface area contributed by atoms with Gasteiger partial charge in [-0.2, -0.15) is 0 Å². The van der Waals surface area contributed by atoms with Gasteiger partial charge in [-0.3, -0.25) is 9.59 Å². The quantitative estimate of drug-likeness (QED) is 0.788. The molecule has 0 heterocycles. The molecule has 1 aromatic rings. The van der Waals surface area contributed by atoms with Gasteiger partial charge in [0.05, 0.1) is 16.6 Å². The predicted octanol–water partition coefficient (Wildman–Crippen LogP) is 1.75. The smallest absolute Gasteiger partial charge is 0.250 e. The summed E-state index contributed by atoms with van der Waals surface area (Å²) in [5.74, 6) is -0.980. The van der Waals surface area contributed by atoms with Crippen LogP contribution in [0.2, 0.25) is 5.02 Å². The second-order valence-corrected chi connectivity index (χ2v) is 5.80. The molecule has 0 bridgehead atoms. The van der Waals surface area contributed by atoms with Crippen molar-refractivity contribution in [2.45, 2.75) is 26.8 Å². The molecule has 0 aliphatic carbocycles. The Hall–Kier alpha value is -1.59. The van der Waals surface area contributed by atoms with E-state index in [1.165, 1.54) is 12.1 Å². The molecular formula is C13H18ClN3O2. The van der Waals surface area contributed by atoms with E-state index in [9.17, 15) is 9.59 Å². The maximum Gasteiger partial charge on any atom is 0.250 e. The lowest BCUT2D eigenvalue weighted by atomic mass is 9.87. The van der Waals surface area contributed by atoms with E-state index in [4.69, 9.17) is 23.1 Å². The second kappa shape index (κ2) is 5.59. The summed E-state index contributed by atoms with van der Waals surface area (Å²) >= 11 is 5.82. The fraction of sp³-hybridized carbons (Fsp3) is 0.385. The molecule has 1 aromatic carbocycles. The third-order valence-electron chi connectivity index (χ3n) is 2.71. The van der Waals surface area contributed by atoms with Gasteiger partial charge in [-0.1, -0.05) is 32.4 Å². The predicted molar refractivity (Wildman–Crippen MR) is 76.0 cm³/mol. The van der Waals surface area contributed by atoms with Gasteiger partial charge < -0.3 is 16.8 Å². The first-order chi connectivity index (χ1) is 8.62. The zero-order chi connectivity index (χ0) is 14.8. The maximum absolute atomic E-state index is 11.9. The van der Waals surface area contributed by atoms with Crippen LogP contribution in [0.1, 0.15) is 31.1 Å². The van der Waals surface area contributed by atoms with Crippen molar-refractivity contribution in [3.05, 3.63) is 28.8 Å². The van der Waals surface area contributed by atoms with Crippen molar-refractivity contribution in [1.29, 1.82) is 0 Å². The molecule has 5 nitrogen and oxygen atoms in total. The van der Waals surface area contributed by atoms with E-state index in [-0.39, 0.29) is 21.9 Å². The standard InChI is InChI=1S/C13H18ClN3O2/c1-13(2,3)10(15)12(19)17-7-4-5-9(14)8(6-7)11(16)18/h4-6,10H,15H2,1-3H3,(H2,16,18)(H,17,19). The second-order valence-electron chi connectivity index (χ2n) is 5.39. The Bertz CT molecular complexity index is 509. The highest BCUT2D eigenvalue weighted by molar-refractivity contribution is 6.34. The summed E-state index contributed by atoms with van der Waals surface area (Å²) in [6.07, 6.45) is 0. The van der Waals surface area contributed by atoms with Gasteiger partial charge in [0.15, 0.2) is 0 Å². The van der Waals surface area contributed by atoms with E-state index >= 15 is 0 Å². The lowest BCUT2D eigenvalue weighted by molar-refractivity contribution is -0.119. The summed E-state index contributed by atoms with van der Waals surface area (Å²) in [6, 6.07) is 3.85. The molecule has 2 amide bonds. The lowest BCUT2D eigenvalue weighted by Crippen LogP contribution is -2.45. The summed E-state index contributed by atoms with van der Waals surface area (Å²) in [5, 5.41) is 2.88. The van der Waals surface area contributed by atoms with Crippen molar-refractivity contribution in [3.63, 3.8) is 0 Å². The highest BCUT2D eigenvalue weighted by Crippen LogP contribution is 2.22. The van der Waals surface area contributed by atoms with Gasteiger partial charge in [0, 0.05) is 5.69 Å². The van der Waals surface area contributed by atoms with Crippen LogP contribution in [0.4, 0.5) is 5.69 Å². The number of amides is 2. The van der Waals surface area contributed by atoms with Gasteiger partial charge in [0.25, 0.3) is 0 Å². The van der Waals surface area contributed by atoms with Gasteiger partial charge >= 0.3 is 0 Å². The molecule has 0 aliphatic heterocycles. The summed E-state index contributed by atoms with van der Waals surface area (Å²) < 4.78 is 0. The van der Waals surface area contributed by atoms with Crippen molar-refractivity contribution in [1.82, 2.24) is 0 Å². The van der Waals surface area contributed by atoms with Crippen molar-refractivity contribution in [2.24, 2.45) is 16.9 Å². The van der Waals surface area contributed by atoms with Crippen molar-refractivity contribution >= 4 is 29.1 Å². The number of hydrogen-bond acceptors (Lipinski definition) is 3. The maximum atomic E-state index is 11.9. The van der Waals surface area contributed by atoms with Crippen LogP contribution in [-0.2, 0) is 4.79 Å². The number of hydrogen-bond donors (Lipinski definition) is 3. The number of nitrogens with one attached hydrogen (secondary N) is 1. The molecule has 0 saturated carbocycles. The minimum Gasteiger partial charge on any atom is -0.366 e. The number of primary amides is 1. The number of halogens is 1. The van der Waals surface area contributed by atoms with Gasteiger partial charge in [-0.15, -0.1) is 0 Å². The zero-order valence-electron chi connectivity index (χ0n) is 11.2. The molecule has 0 aliphatic rings. The average Bonchev–Trinajstić information content (AvgIpc) is 2.29. The fourth-order valence-electron chi connectivity index (χ4n) is 1.41. The van der Waals surface area contributed by atoms with Crippen molar-refractivity contribution in [3.8, 4) is 0 Å². The summed E-state index contributed by atoms with van der Waals surface area (Å²) in [4.78, 5) is 23.1.